The fourth-order valence-corrected chi connectivity index (χ4v) is 3.90. The van der Waals surface area contributed by atoms with Crippen LogP contribution in [0.25, 0.3) is 11.1 Å². The third kappa shape index (κ3) is 6.63. The SMILES string of the molecule is O=C(O)C[C@H](NC(=O)[C@@H]1CCCCN1C(=O)OCc1cccc(-c2ccccc2)c1)C(=O)CF. The lowest BCUT2D eigenvalue weighted by atomic mass is 10.0. The molecule has 180 valence electrons. The predicted molar refractivity (Wildman–Crippen MR) is 122 cm³/mol. The zero-order valence-electron chi connectivity index (χ0n) is 18.6. The minimum Gasteiger partial charge on any atom is -0.481 e. The van der Waals surface area contributed by atoms with Gasteiger partial charge in [-0.1, -0.05) is 48.5 Å². The highest BCUT2D eigenvalue weighted by molar-refractivity contribution is 5.94. The molecule has 0 spiro atoms. The van der Waals surface area contributed by atoms with Crippen molar-refractivity contribution in [3.05, 3.63) is 60.2 Å². The monoisotopic (exact) mass is 470 g/mol. The molecular weight excluding hydrogens is 443 g/mol. The summed E-state index contributed by atoms with van der Waals surface area (Å²) in [6.07, 6.45) is 0.250. The Morgan fingerprint density at radius 1 is 1.06 bits per heavy atom. The van der Waals surface area contributed by atoms with Crippen LogP contribution in [0.4, 0.5) is 9.18 Å². The number of aliphatic carboxylic acids is 1. The molecule has 2 N–H and O–H groups in total. The number of hydrogen-bond donors (Lipinski definition) is 2. The van der Waals surface area contributed by atoms with E-state index in [1.165, 1.54) is 4.90 Å². The lowest BCUT2D eigenvalue weighted by Gasteiger charge is -2.34. The molecule has 2 amide bonds. The molecule has 1 fully saturated rings. The summed E-state index contributed by atoms with van der Waals surface area (Å²) in [6.45, 7) is -1.11. The van der Waals surface area contributed by atoms with E-state index in [2.05, 4.69) is 5.32 Å². The van der Waals surface area contributed by atoms with Crippen LogP contribution >= 0.6 is 0 Å². The smallest absolute Gasteiger partial charge is 0.410 e. The van der Waals surface area contributed by atoms with Gasteiger partial charge in [-0.05, 0) is 42.0 Å². The van der Waals surface area contributed by atoms with E-state index in [0.717, 1.165) is 16.7 Å². The Labute approximate surface area is 196 Å². The highest BCUT2D eigenvalue weighted by atomic mass is 19.1. The number of carboxylic acid groups (broad SMARTS) is 1. The van der Waals surface area contributed by atoms with Gasteiger partial charge in [-0.2, -0.15) is 0 Å². The Balaban J connectivity index is 1.64. The van der Waals surface area contributed by atoms with E-state index >= 15 is 0 Å². The molecule has 2 aromatic rings. The average Bonchev–Trinajstić information content (AvgIpc) is 2.86. The fourth-order valence-electron chi connectivity index (χ4n) is 3.90. The van der Waals surface area contributed by atoms with Gasteiger partial charge in [-0.15, -0.1) is 0 Å². The number of ether oxygens (including phenoxy) is 1. The molecule has 1 saturated heterocycles. The number of alkyl halides is 1. The number of amides is 2. The van der Waals surface area contributed by atoms with Crippen molar-refractivity contribution in [3.8, 4) is 11.1 Å². The molecule has 0 aromatic heterocycles. The maximum Gasteiger partial charge on any atom is 0.410 e. The minimum absolute atomic E-state index is 0.00627. The van der Waals surface area contributed by atoms with Crippen LogP contribution in [0.3, 0.4) is 0 Å². The minimum atomic E-state index is -1.49. The molecular formula is C25H27FN2O6. The lowest BCUT2D eigenvalue weighted by Crippen LogP contribution is -2.55. The second-order valence-corrected chi connectivity index (χ2v) is 8.08. The molecule has 1 aliphatic heterocycles. The van der Waals surface area contributed by atoms with Crippen LogP contribution < -0.4 is 5.32 Å². The van der Waals surface area contributed by atoms with Crippen molar-refractivity contribution in [2.75, 3.05) is 13.2 Å². The number of halogens is 1. The molecule has 3 rings (SSSR count). The van der Waals surface area contributed by atoms with Crippen LogP contribution in [-0.2, 0) is 25.7 Å². The first-order valence-electron chi connectivity index (χ1n) is 11.1. The van der Waals surface area contributed by atoms with Gasteiger partial charge in [0.05, 0.1) is 6.42 Å². The Morgan fingerprint density at radius 2 is 1.79 bits per heavy atom. The van der Waals surface area contributed by atoms with Gasteiger partial charge in [-0.25, -0.2) is 9.18 Å². The van der Waals surface area contributed by atoms with Gasteiger partial charge in [-0.3, -0.25) is 19.3 Å². The zero-order valence-corrected chi connectivity index (χ0v) is 18.6. The summed E-state index contributed by atoms with van der Waals surface area (Å²) in [7, 11) is 0. The largest absolute Gasteiger partial charge is 0.481 e. The second-order valence-electron chi connectivity index (χ2n) is 8.08. The number of ketones is 1. The first kappa shape index (κ1) is 24.9. The number of likely N-dealkylation sites (tertiary alicyclic amines) is 1. The standard InChI is InChI=1S/C25H27FN2O6/c26-15-22(29)20(14-23(30)31)27-24(32)21-11-4-5-12-28(21)25(33)34-16-17-7-6-10-19(13-17)18-8-2-1-3-9-18/h1-3,6-10,13,20-21H,4-5,11-12,14-16H2,(H,27,32)(H,30,31)/t20-,21-/m0/s1. The maximum absolute atomic E-state index is 12.8. The highest BCUT2D eigenvalue weighted by Gasteiger charge is 2.35. The summed E-state index contributed by atoms with van der Waals surface area (Å²) in [4.78, 5) is 49.5. The number of nitrogens with zero attached hydrogens (tertiary/aromatic N) is 1. The Hall–Kier alpha value is -3.75. The van der Waals surface area contributed by atoms with E-state index in [-0.39, 0.29) is 13.2 Å². The summed E-state index contributed by atoms with van der Waals surface area (Å²) in [5.74, 6) is -3.07. The molecule has 2 aromatic carbocycles. The van der Waals surface area contributed by atoms with E-state index in [9.17, 15) is 23.6 Å². The van der Waals surface area contributed by atoms with Gasteiger partial charge in [0.25, 0.3) is 0 Å². The number of Topliss-reactive ketones (excluding diaryl/α,β-unsaturated/α-hetero) is 1. The molecule has 2 atom stereocenters. The number of carboxylic acids is 1. The van der Waals surface area contributed by atoms with Gasteiger partial charge in [0.15, 0.2) is 5.78 Å². The Morgan fingerprint density at radius 3 is 2.50 bits per heavy atom. The van der Waals surface area contributed by atoms with Gasteiger partial charge >= 0.3 is 12.1 Å². The summed E-state index contributed by atoms with van der Waals surface area (Å²) < 4.78 is 18.3. The molecule has 0 bridgehead atoms. The fraction of sp³-hybridized carbons (Fsp3) is 0.360. The van der Waals surface area contributed by atoms with E-state index in [1.54, 1.807) is 0 Å². The van der Waals surface area contributed by atoms with Crippen LogP contribution in [0, 0.1) is 0 Å². The van der Waals surface area contributed by atoms with Crippen molar-refractivity contribution in [1.29, 1.82) is 0 Å². The number of carbonyl (C=O) groups is 4. The highest BCUT2D eigenvalue weighted by Crippen LogP contribution is 2.22. The van der Waals surface area contributed by atoms with Crippen molar-refractivity contribution in [3.63, 3.8) is 0 Å². The number of nitrogens with one attached hydrogen (secondary N) is 1. The average molecular weight is 470 g/mol. The maximum atomic E-state index is 12.8. The number of piperidine rings is 1. The first-order chi connectivity index (χ1) is 16.4. The Bertz CT molecular complexity index is 1030. The normalized spacial score (nSPS) is 16.4. The topological polar surface area (TPSA) is 113 Å². The van der Waals surface area contributed by atoms with E-state index in [4.69, 9.17) is 9.84 Å². The molecule has 34 heavy (non-hydrogen) atoms. The van der Waals surface area contributed by atoms with Crippen molar-refractivity contribution in [2.24, 2.45) is 0 Å². The summed E-state index contributed by atoms with van der Waals surface area (Å²) >= 11 is 0. The van der Waals surface area contributed by atoms with Crippen molar-refractivity contribution < 1.29 is 33.4 Å². The molecule has 1 heterocycles. The summed E-state index contributed by atoms with van der Waals surface area (Å²) in [5.41, 5.74) is 2.79. The van der Waals surface area contributed by atoms with E-state index in [1.807, 2.05) is 54.6 Å². The first-order valence-corrected chi connectivity index (χ1v) is 11.1. The zero-order chi connectivity index (χ0) is 24.5. The van der Waals surface area contributed by atoms with Gasteiger partial charge < -0.3 is 15.2 Å². The molecule has 8 nitrogen and oxygen atoms in total. The molecule has 0 unspecified atom stereocenters. The van der Waals surface area contributed by atoms with Gasteiger partial charge in [0, 0.05) is 6.54 Å². The number of hydrogen-bond acceptors (Lipinski definition) is 5. The quantitative estimate of drug-likeness (QED) is 0.581. The molecule has 0 saturated carbocycles. The van der Waals surface area contributed by atoms with E-state index in [0.29, 0.717) is 19.3 Å². The third-order valence-electron chi connectivity index (χ3n) is 5.65. The van der Waals surface area contributed by atoms with Crippen LogP contribution in [0.1, 0.15) is 31.2 Å². The van der Waals surface area contributed by atoms with Gasteiger partial charge in [0.1, 0.15) is 25.4 Å². The van der Waals surface area contributed by atoms with Crippen LogP contribution in [0.2, 0.25) is 0 Å². The van der Waals surface area contributed by atoms with Crippen molar-refractivity contribution >= 4 is 23.8 Å². The van der Waals surface area contributed by atoms with Crippen molar-refractivity contribution in [2.45, 2.75) is 44.4 Å². The van der Waals surface area contributed by atoms with Crippen LogP contribution in [0.5, 0.6) is 0 Å². The predicted octanol–water partition coefficient (Wildman–Crippen LogP) is 3.34. The molecule has 0 aliphatic carbocycles. The molecule has 9 heteroatoms. The summed E-state index contributed by atoms with van der Waals surface area (Å²) in [6, 6.07) is 14.9. The van der Waals surface area contributed by atoms with E-state index < -0.39 is 48.9 Å². The molecule has 1 aliphatic rings. The number of benzene rings is 2. The number of carbonyl (C=O) groups excluding carboxylic acids is 3. The second kappa shape index (κ2) is 11.9. The third-order valence-corrected chi connectivity index (χ3v) is 5.65. The molecule has 0 radical (unpaired) electrons. The van der Waals surface area contributed by atoms with Crippen LogP contribution in [-0.4, -0.2) is 59.1 Å². The lowest BCUT2D eigenvalue weighted by molar-refractivity contribution is -0.140. The summed E-state index contributed by atoms with van der Waals surface area (Å²) in [5, 5.41) is 11.2. The van der Waals surface area contributed by atoms with Gasteiger partial charge in [0.2, 0.25) is 5.91 Å². The van der Waals surface area contributed by atoms with Crippen molar-refractivity contribution in [1.82, 2.24) is 10.2 Å². The van der Waals surface area contributed by atoms with Crippen LogP contribution in [0.15, 0.2) is 54.6 Å². The number of rotatable bonds is 9. The Kier molecular flexibility index (Phi) is 8.73.